The van der Waals surface area contributed by atoms with Crippen molar-refractivity contribution < 1.29 is 14.3 Å². The number of aromatic amines is 1. The topological polar surface area (TPSA) is 79.5 Å². The molecule has 4 rings (SSSR count). The lowest BCUT2D eigenvalue weighted by molar-refractivity contribution is 0.174. The number of hydrogen-bond donors (Lipinski definition) is 2. The van der Waals surface area contributed by atoms with E-state index in [2.05, 4.69) is 29.4 Å². The molecule has 0 radical (unpaired) electrons. The van der Waals surface area contributed by atoms with Crippen LogP contribution in [0.4, 0.5) is 10.5 Å². The van der Waals surface area contributed by atoms with Gasteiger partial charge in [-0.1, -0.05) is 13.8 Å². The van der Waals surface area contributed by atoms with Crippen LogP contribution in [0.15, 0.2) is 12.1 Å². The molecular weight excluding hydrogens is 320 g/mol. The fourth-order valence-electron chi connectivity index (χ4n) is 3.34. The molecule has 1 aromatic heterocycles. The predicted octanol–water partition coefficient (Wildman–Crippen LogP) is 3.16. The number of amides is 2. The summed E-state index contributed by atoms with van der Waals surface area (Å²) in [6, 6.07) is 3.60. The Labute approximate surface area is 146 Å². The fraction of sp³-hybridized carbons (Fsp3) is 0.444. The molecule has 1 aromatic carbocycles. The largest absolute Gasteiger partial charge is 0.454 e. The summed E-state index contributed by atoms with van der Waals surface area (Å²) in [6.07, 6.45) is 0.794. The summed E-state index contributed by atoms with van der Waals surface area (Å²) in [4.78, 5) is 14.6. The summed E-state index contributed by atoms with van der Waals surface area (Å²) in [6.45, 7) is 7.65. The first-order chi connectivity index (χ1) is 12.0. The number of hydrogen-bond acceptors (Lipinski definition) is 4. The molecule has 0 spiro atoms. The minimum Gasteiger partial charge on any atom is -0.454 e. The molecule has 0 atom stereocenters. The highest BCUT2D eigenvalue weighted by atomic mass is 16.7. The lowest BCUT2D eigenvalue weighted by Gasteiger charge is -2.28. The summed E-state index contributed by atoms with van der Waals surface area (Å²) < 4.78 is 10.8. The van der Waals surface area contributed by atoms with Crippen molar-refractivity contribution >= 4 is 11.7 Å². The van der Waals surface area contributed by atoms with E-state index in [9.17, 15) is 4.79 Å². The van der Waals surface area contributed by atoms with Crippen molar-refractivity contribution in [3.63, 3.8) is 0 Å². The fourth-order valence-corrected chi connectivity index (χ4v) is 3.34. The lowest BCUT2D eigenvalue weighted by atomic mass is 10.00. The van der Waals surface area contributed by atoms with Gasteiger partial charge in [0.25, 0.3) is 0 Å². The van der Waals surface area contributed by atoms with Crippen LogP contribution in [-0.4, -0.2) is 34.5 Å². The summed E-state index contributed by atoms with van der Waals surface area (Å²) in [5.41, 5.74) is 5.04. The predicted molar refractivity (Wildman–Crippen MR) is 93.1 cm³/mol. The van der Waals surface area contributed by atoms with Crippen molar-refractivity contribution in [1.82, 2.24) is 15.1 Å². The van der Waals surface area contributed by atoms with Crippen LogP contribution in [0.1, 0.15) is 42.3 Å². The van der Waals surface area contributed by atoms with Gasteiger partial charge in [-0.05, 0) is 24.5 Å². The van der Waals surface area contributed by atoms with Gasteiger partial charge >= 0.3 is 6.03 Å². The SMILES string of the molecule is Cc1cc2c(cc1NC(=O)N1CCc3[nH]nc(C(C)C)c3C1)OCO2. The highest BCUT2D eigenvalue weighted by Gasteiger charge is 2.26. The average molecular weight is 342 g/mol. The number of rotatable bonds is 2. The van der Waals surface area contributed by atoms with Crippen LogP contribution in [0.3, 0.4) is 0 Å². The Balaban J connectivity index is 1.52. The van der Waals surface area contributed by atoms with Crippen molar-refractivity contribution in [1.29, 1.82) is 0 Å². The number of aromatic nitrogens is 2. The first-order valence-corrected chi connectivity index (χ1v) is 8.55. The molecule has 2 aromatic rings. The summed E-state index contributed by atoms with van der Waals surface area (Å²) in [5.74, 6) is 1.72. The Hall–Kier alpha value is -2.70. The van der Waals surface area contributed by atoms with E-state index in [1.807, 2.05) is 24.0 Å². The second kappa shape index (κ2) is 5.98. The zero-order valence-electron chi connectivity index (χ0n) is 14.7. The van der Waals surface area contributed by atoms with Crippen molar-refractivity contribution in [3.05, 3.63) is 34.6 Å². The van der Waals surface area contributed by atoms with E-state index in [1.54, 1.807) is 0 Å². The zero-order chi connectivity index (χ0) is 17.6. The second-order valence-corrected chi connectivity index (χ2v) is 6.84. The van der Waals surface area contributed by atoms with Crippen LogP contribution < -0.4 is 14.8 Å². The first-order valence-electron chi connectivity index (χ1n) is 8.55. The van der Waals surface area contributed by atoms with E-state index < -0.39 is 0 Å². The molecule has 2 N–H and O–H groups in total. The van der Waals surface area contributed by atoms with Crippen LogP contribution in [-0.2, 0) is 13.0 Å². The quantitative estimate of drug-likeness (QED) is 0.878. The number of aryl methyl sites for hydroxylation is 1. The number of benzene rings is 1. The molecule has 0 fully saturated rings. The minimum atomic E-state index is -0.108. The lowest BCUT2D eigenvalue weighted by Crippen LogP contribution is -2.39. The van der Waals surface area contributed by atoms with Gasteiger partial charge in [0, 0.05) is 36.0 Å². The van der Waals surface area contributed by atoms with Crippen LogP contribution >= 0.6 is 0 Å². The maximum absolute atomic E-state index is 12.7. The molecule has 0 unspecified atom stereocenters. The average Bonchev–Trinajstić information content (AvgIpc) is 3.20. The van der Waals surface area contributed by atoms with E-state index in [0.29, 0.717) is 24.8 Å². The highest BCUT2D eigenvalue weighted by Crippen LogP contribution is 2.37. The van der Waals surface area contributed by atoms with Crippen molar-refractivity contribution in [2.45, 2.75) is 39.7 Å². The van der Waals surface area contributed by atoms with Gasteiger partial charge in [-0.25, -0.2) is 4.79 Å². The van der Waals surface area contributed by atoms with Crippen LogP contribution in [0.2, 0.25) is 0 Å². The van der Waals surface area contributed by atoms with Gasteiger partial charge in [0.2, 0.25) is 6.79 Å². The van der Waals surface area contributed by atoms with Crippen molar-refractivity contribution in [2.75, 3.05) is 18.7 Å². The van der Waals surface area contributed by atoms with Gasteiger partial charge in [-0.2, -0.15) is 5.10 Å². The molecule has 132 valence electrons. The minimum absolute atomic E-state index is 0.108. The number of ether oxygens (including phenoxy) is 2. The molecule has 7 heteroatoms. The number of carbonyl (C=O) groups is 1. The van der Waals surface area contributed by atoms with E-state index >= 15 is 0 Å². The number of nitrogens with zero attached hydrogens (tertiary/aromatic N) is 2. The number of fused-ring (bicyclic) bond motifs is 2. The van der Waals surface area contributed by atoms with Crippen molar-refractivity contribution in [3.8, 4) is 11.5 Å². The number of carbonyl (C=O) groups excluding carboxylic acids is 1. The third-order valence-electron chi connectivity index (χ3n) is 4.76. The van der Waals surface area contributed by atoms with Crippen molar-refractivity contribution in [2.24, 2.45) is 0 Å². The molecule has 3 heterocycles. The van der Waals surface area contributed by atoms with Gasteiger partial charge in [0.05, 0.1) is 12.2 Å². The zero-order valence-corrected chi connectivity index (χ0v) is 14.7. The number of anilines is 1. The number of H-pyrrole nitrogens is 1. The van der Waals surface area contributed by atoms with E-state index in [-0.39, 0.29) is 12.8 Å². The van der Waals surface area contributed by atoms with Crippen LogP contribution in [0, 0.1) is 6.92 Å². The molecule has 0 bridgehead atoms. The normalized spacial score (nSPS) is 15.4. The molecule has 25 heavy (non-hydrogen) atoms. The van der Waals surface area contributed by atoms with E-state index in [4.69, 9.17) is 9.47 Å². The Morgan fingerprint density at radius 2 is 2.08 bits per heavy atom. The number of urea groups is 1. The van der Waals surface area contributed by atoms with Gasteiger partial charge in [-0.3, -0.25) is 5.10 Å². The van der Waals surface area contributed by atoms with E-state index in [0.717, 1.165) is 40.4 Å². The molecule has 0 aliphatic carbocycles. The maximum Gasteiger partial charge on any atom is 0.322 e. The Kier molecular flexibility index (Phi) is 3.78. The van der Waals surface area contributed by atoms with Crippen LogP contribution in [0.5, 0.6) is 11.5 Å². The molecule has 0 saturated carbocycles. The Morgan fingerprint density at radius 1 is 1.32 bits per heavy atom. The van der Waals surface area contributed by atoms with Gasteiger partial charge < -0.3 is 19.7 Å². The highest BCUT2D eigenvalue weighted by molar-refractivity contribution is 5.91. The third-order valence-corrected chi connectivity index (χ3v) is 4.76. The van der Waals surface area contributed by atoms with Crippen LogP contribution in [0.25, 0.3) is 0 Å². The smallest absolute Gasteiger partial charge is 0.322 e. The van der Waals surface area contributed by atoms with Gasteiger partial charge in [-0.15, -0.1) is 0 Å². The standard InChI is InChI=1S/C18H22N4O3/c1-10(2)17-12-8-22(5-4-13(12)20-21-17)18(23)19-14-7-16-15(6-11(14)3)24-9-25-16/h6-7,10H,4-5,8-9H2,1-3H3,(H,19,23)(H,20,21). The first kappa shape index (κ1) is 15.8. The Morgan fingerprint density at radius 3 is 2.84 bits per heavy atom. The summed E-state index contributed by atoms with van der Waals surface area (Å²) in [7, 11) is 0. The third kappa shape index (κ3) is 2.79. The van der Waals surface area contributed by atoms with Gasteiger partial charge in [0.1, 0.15) is 0 Å². The Bertz CT molecular complexity index is 828. The molecule has 2 amide bonds. The molecule has 2 aliphatic heterocycles. The maximum atomic E-state index is 12.7. The molecule has 2 aliphatic rings. The molecular formula is C18H22N4O3. The van der Waals surface area contributed by atoms with E-state index in [1.165, 1.54) is 0 Å². The summed E-state index contributed by atoms with van der Waals surface area (Å²) >= 11 is 0. The molecule has 7 nitrogen and oxygen atoms in total. The summed E-state index contributed by atoms with van der Waals surface area (Å²) in [5, 5.41) is 10.5. The molecule has 0 saturated heterocycles. The monoisotopic (exact) mass is 342 g/mol. The van der Waals surface area contributed by atoms with Gasteiger partial charge in [0.15, 0.2) is 11.5 Å². The number of nitrogens with one attached hydrogen (secondary N) is 2. The second-order valence-electron chi connectivity index (χ2n) is 6.84.